The molecule has 140 valence electrons. The largest absolute Gasteiger partial charge is 0.356 e. The second kappa shape index (κ2) is 6.51. The second-order valence-corrected chi connectivity index (χ2v) is 9.18. The highest BCUT2D eigenvalue weighted by Gasteiger charge is 2.39. The third-order valence-corrected chi connectivity index (χ3v) is 7.38. The van der Waals surface area contributed by atoms with Gasteiger partial charge >= 0.3 is 0 Å². The van der Waals surface area contributed by atoms with Crippen LogP contribution in [0, 0.1) is 11.8 Å². The lowest BCUT2D eigenvalue weighted by atomic mass is 9.63. The Bertz CT molecular complexity index is 992. The molecule has 0 aliphatic heterocycles. The minimum absolute atomic E-state index is 0.733. The van der Waals surface area contributed by atoms with Crippen LogP contribution in [0.1, 0.15) is 55.1 Å². The van der Waals surface area contributed by atoms with Crippen molar-refractivity contribution in [2.45, 2.75) is 43.9 Å². The third-order valence-electron chi connectivity index (χ3n) is 7.38. The van der Waals surface area contributed by atoms with Crippen molar-refractivity contribution >= 4 is 11.4 Å². The Balaban J connectivity index is 1.51. The maximum atomic E-state index is 3.61. The first kappa shape index (κ1) is 16.4. The molecule has 28 heavy (non-hydrogen) atoms. The molecule has 0 radical (unpaired) electrons. The van der Waals surface area contributed by atoms with Crippen LogP contribution in [-0.4, -0.2) is 0 Å². The molecule has 3 aromatic carbocycles. The molecule has 3 aromatic rings. The molecule has 1 N–H and O–H groups in total. The zero-order valence-corrected chi connectivity index (χ0v) is 16.3. The molecule has 2 saturated carbocycles. The third kappa shape index (κ3) is 2.76. The van der Waals surface area contributed by atoms with Crippen LogP contribution in [0.4, 0.5) is 11.4 Å². The Morgan fingerprint density at radius 2 is 1.18 bits per heavy atom. The highest BCUT2D eigenvalue weighted by Crippen LogP contribution is 2.55. The van der Waals surface area contributed by atoms with Crippen molar-refractivity contribution in [3.05, 3.63) is 83.9 Å². The zero-order valence-electron chi connectivity index (χ0n) is 16.3. The summed E-state index contributed by atoms with van der Waals surface area (Å²) in [6.07, 6.45) is 7.04. The Morgan fingerprint density at radius 3 is 1.93 bits per heavy atom. The maximum absolute atomic E-state index is 3.61. The average molecular weight is 366 g/mol. The summed E-state index contributed by atoms with van der Waals surface area (Å²) in [5.74, 6) is 3.32. The summed E-state index contributed by atoms with van der Waals surface area (Å²) in [5, 5.41) is 3.61. The van der Waals surface area contributed by atoms with E-state index in [1.54, 1.807) is 11.1 Å². The summed E-state index contributed by atoms with van der Waals surface area (Å²) in [4.78, 5) is 0. The second-order valence-electron chi connectivity index (χ2n) is 9.18. The fraction of sp³-hybridized carbons (Fsp3) is 0.333. The molecule has 2 atom stereocenters. The van der Waals surface area contributed by atoms with E-state index in [2.05, 4.69) is 78.1 Å². The topological polar surface area (TPSA) is 12.0 Å². The zero-order chi connectivity index (χ0) is 18.5. The molecule has 0 heterocycles. The van der Waals surface area contributed by atoms with E-state index >= 15 is 0 Å². The fourth-order valence-corrected chi connectivity index (χ4v) is 6.37. The van der Waals surface area contributed by atoms with Gasteiger partial charge in [0, 0.05) is 11.4 Å². The highest BCUT2D eigenvalue weighted by atomic mass is 14.9. The minimum Gasteiger partial charge on any atom is -0.356 e. The highest BCUT2D eigenvalue weighted by molar-refractivity contribution is 5.77. The SMILES string of the molecule is c1ccc(Nc2ccc3c(c2)-c2ccccc2C2CC4CC(C2)CC3C4)cc1. The van der Waals surface area contributed by atoms with Gasteiger partial charge in [-0.3, -0.25) is 0 Å². The smallest absolute Gasteiger partial charge is 0.0390 e. The van der Waals surface area contributed by atoms with Crippen LogP contribution in [0.15, 0.2) is 72.8 Å². The molecule has 0 saturated heterocycles. The standard InChI is InChI=1S/C27H27N/c1-2-6-22(7-3-1)28-23-10-11-25-21-15-18-12-19(16-21)14-20(13-18)24-8-4-5-9-26(24)27(25)17-23/h1-11,17-21,28H,12-16H2. The molecular weight excluding hydrogens is 338 g/mol. The van der Waals surface area contributed by atoms with Crippen molar-refractivity contribution in [1.29, 1.82) is 0 Å². The first-order chi connectivity index (χ1) is 13.8. The molecular formula is C27H27N. The normalized spacial score (nSPS) is 27.3. The molecule has 0 aromatic heterocycles. The summed E-state index contributed by atoms with van der Waals surface area (Å²) >= 11 is 0. The van der Waals surface area contributed by atoms with Crippen LogP contribution < -0.4 is 5.32 Å². The summed E-state index contributed by atoms with van der Waals surface area (Å²) in [7, 11) is 0. The molecule has 7 rings (SSSR count). The van der Waals surface area contributed by atoms with E-state index in [1.807, 2.05) is 0 Å². The molecule has 2 unspecified atom stereocenters. The van der Waals surface area contributed by atoms with E-state index in [0.717, 1.165) is 29.4 Å². The van der Waals surface area contributed by atoms with E-state index in [1.165, 1.54) is 48.9 Å². The van der Waals surface area contributed by atoms with E-state index in [9.17, 15) is 0 Å². The molecule has 0 amide bonds. The Labute approximate surface area is 167 Å². The van der Waals surface area contributed by atoms with Gasteiger partial charge in [0.25, 0.3) is 0 Å². The molecule has 1 heteroatoms. The van der Waals surface area contributed by atoms with Crippen LogP contribution in [0.5, 0.6) is 0 Å². The van der Waals surface area contributed by atoms with Crippen molar-refractivity contribution in [1.82, 2.24) is 0 Å². The summed E-state index contributed by atoms with van der Waals surface area (Å²) in [6, 6.07) is 26.9. The van der Waals surface area contributed by atoms with Gasteiger partial charge in [-0.15, -0.1) is 0 Å². The van der Waals surface area contributed by atoms with Crippen LogP contribution in [-0.2, 0) is 0 Å². The van der Waals surface area contributed by atoms with Gasteiger partial charge in [-0.2, -0.15) is 0 Å². The monoisotopic (exact) mass is 365 g/mol. The van der Waals surface area contributed by atoms with Gasteiger partial charge in [0.15, 0.2) is 0 Å². The Hall–Kier alpha value is -2.54. The predicted molar refractivity (Wildman–Crippen MR) is 117 cm³/mol. The first-order valence-corrected chi connectivity index (χ1v) is 10.9. The Morgan fingerprint density at radius 1 is 0.536 bits per heavy atom. The van der Waals surface area contributed by atoms with Gasteiger partial charge in [0.1, 0.15) is 0 Å². The van der Waals surface area contributed by atoms with E-state index in [0.29, 0.717) is 0 Å². The predicted octanol–water partition coefficient (Wildman–Crippen LogP) is 7.49. The molecule has 1 nitrogen and oxygen atoms in total. The lowest BCUT2D eigenvalue weighted by Crippen LogP contribution is -2.29. The van der Waals surface area contributed by atoms with Gasteiger partial charge < -0.3 is 5.32 Å². The van der Waals surface area contributed by atoms with Gasteiger partial charge in [-0.25, -0.2) is 0 Å². The van der Waals surface area contributed by atoms with Gasteiger partial charge in [0.05, 0.1) is 0 Å². The molecule has 4 bridgehead atoms. The quantitative estimate of drug-likeness (QED) is 0.496. The number of hydrogen-bond acceptors (Lipinski definition) is 1. The van der Waals surface area contributed by atoms with Crippen molar-refractivity contribution in [3.8, 4) is 11.1 Å². The van der Waals surface area contributed by atoms with Crippen LogP contribution >= 0.6 is 0 Å². The van der Waals surface area contributed by atoms with Crippen LogP contribution in [0.3, 0.4) is 0 Å². The van der Waals surface area contributed by atoms with Crippen LogP contribution in [0.25, 0.3) is 11.1 Å². The summed E-state index contributed by atoms with van der Waals surface area (Å²) in [6.45, 7) is 0. The minimum atomic E-state index is 0.733. The van der Waals surface area contributed by atoms with E-state index < -0.39 is 0 Å². The molecule has 2 fully saturated rings. The fourth-order valence-electron chi connectivity index (χ4n) is 6.37. The van der Waals surface area contributed by atoms with Crippen molar-refractivity contribution in [2.24, 2.45) is 11.8 Å². The summed E-state index contributed by atoms with van der Waals surface area (Å²) in [5.41, 5.74) is 8.47. The van der Waals surface area contributed by atoms with Crippen molar-refractivity contribution in [3.63, 3.8) is 0 Å². The number of nitrogens with one attached hydrogen (secondary N) is 1. The molecule has 0 spiro atoms. The molecule has 4 aliphatic rings. The number of anilines is 2. The van der Waals surface area contributed by atoms with Crippen LogP contribution in [0.2, 0.25) is 0 Å². The van der Waals surface area contributed by atoms with E-state index in [4.69, 9.17) is 0 Å². The van der Waals surface area contributed by atoms with E-state index in [-0.39, 0.29) is 0 Å². The number of para-hydroxylation sites is 1. The van der Waals surface area contributed by atoms with Gasteiger partial charge in [0.2, 0.25) is 0 Å². The number of hydrogen-bond donors (Lipinski definition) is 1. The first-order valence-electron chi connectivity index (χ1n) is 10.9. The lowest BCUT2D eigenvalue weighted by molar-refractivity contribution is 0.153. The number of rotatable bonds is 2. The Kier molecular flexibility index (Phi) is 3.82. The van der Waals surface area contributed by atoms with Crippen molar-refractivity contribution < 1.29 is 0 Å². The lowest BCUT2D eigenvalue weighted by Gasteiger charge is -2.42. The summed E-state index contributed by atoms with van der Waals surface area (Å²) < 4.78 is 0. The van der Waals surface area contributed by atoms with Gasteiger partial charge in [-0.05, 0) is 102 Å². The van der Waals surface area contributed by atoms with Gasteiger partial charge in [-0.1, -0.05) is 48.5 Å². The number of benzene rings is 3. The average Bonchev–Trinajstić information content (AvgIpc) is 2.79. The molecule has 4 aliphatic carbocycles. The maximum Gasteiger partial charge on any atom is 0.0390 e. The van der Waals surface area contributed by atoms with Crippen molar-refractivity contribution in [2.75, 3.05) is 5.32 Å².